The molecule has 4 atom stereocenters. The number of fused-ring (bicyclic) bond motifs is 1. The molecule has 0 aromatic rings. The Bertz CT molecular complexity index is 351. The minimum absolute atomic E-state index is 0.0425. The molecule has 0 radical (unpaired) electrons. The molecule has 0 aromatic carbocycles. The second-order valence-corrected chi connectivity index (χ2v) is 5.83. The maximum Gasteiger partial charge on any atom is 0.163 e. The van der Waals surface area contributed by atoms with Crippen molar-refractivity contribution >= 4 is 0 Å². The lowest BCUT2D eigenvalue weighted by atomic mass is 9.73. The molecule has 2 aliphatic heterocycles. The maximum absolute atomic E-state index is 9.29. The van der Waals surface area contributed by atoms with Gasteiger partial charge in [0.05, 0.1) is 44.0 Å². The molecule has 0 aromatic heterocycles. The van der Waals surface area contributed by atoms with Gasteiger partial charge in [0.15, 0.2) is 5.79 Å². The molecule has 2 rings (SSSR count). The summed E-state index contributed by atoms with van der Waals surface area (Å²) in [5, 5.41) is 18.2. The zero-order valence-corrected chi connectivity index (χ0v) is 11.2. The van der Waals surface area contributed by atoms with Crippen LogP contribution in [0.2, 0.25) is 0 Å². The fourth-order valence-corrected chi connectivity index (χ4v) is 2.71. The summed E-state index contributed by atoms with van der Waals surface area (Å²) >= 11 is 0. The summed E-state index contributed by atoms with van der Waals surface area (Å²) in [5.74, 6) is -0.612. The van der Waals surface area contributed by atoms with Crippen LogP contribution >= 0.6 is 0 Å². The highest BCUT2D eigenvalue weighted by molar-refractivity contribution is 5.01. The van der Waals surface area contributed by atoms with E-state index in [0.717, 1.165) is 0 Å². The van der Waals surface area contributed by atoms with Gasteiger partial charge in [-0.05, 0) is 13.8 Å². The lowest BCUT2D eigenvalue weighted by Gasteiger charge is -2.54. The van der Waals surface area contributed by atoms with Crippen LogP contribution in [0, 0.1) is 16.7 Å². The van der Waals surface area contributed by atoms with Gasteiger partial charge < -0.3 is 19.3 Å². The van der Waals surface area contributed by atoms with Gasteiger partial charge in [-0.2, -0.15) is 5.26 Å². The number of rotatable bonds is 2. The first kappa shape index (κ1) is 13.8. The highest BCUT2D eigenvalue weighted by atomic mass is 16.7. The van der Waals surface area contributed by atoms with Crippen LogP contribution in [0.4, 0.5) is 0 Å². The van der Waals surface area contributed by atoms with Crippen molar-refractivity contribution in [3.8, 4) is 6.07 Å². The minimum atomic E-state index is -0.612. The Kier molecular flexibility index (Phi) is 3.65. The van der Waals surface area contributed by atoms with Gasteiger partial charge in [-0.1, -0.05) is 6.92 Å². The highest BCUT2D eigenvalue weighted by Crippen LogP contribution is 2.45. The molecule has 0 amide bonds. The first-order valence-electron chi connectivity index (χ1n) is 6.36. The SMILES string of the molecule is CC1(C)OC[C@@]2(C)[C@H](CC#N)O[C@@H](CO)C[C@H]2O1. The zero-order chi connectivity index (χ0) is 13.4. The van der Waals surface area contributed by atoms with E-state index in [-0.39, 0.29) is 36.8 Å². The topological polar surface area (TPSA) is 71.7 Å². The number of hydrogen-bond acceptors (Lipinski definition) is 5. The molecule has 0 saturated carbocycles. The Labute approximate surface area is 108 Å². The summed E-state index contributed by atoms with van der Waals surface area (Å²) in [7, 11) is 0. The van der Waals surface area contributed by atoms with Gasteiger partial charge in [-0.3, -0.25) is 0 Å². The molecule has 5 nitrogen and oxygen atoms in total. The molecular weight excluding hydrogens is 234 g/mol. The standard InChI is InChI=1S/C13H21NO4/c1-12(2)16-8-13(3)10(4-5-14)17-9(7-15)6-11(13)18-12/h9-11,15H,4,6-8H2,1-3H3/t9-,10+,11-,13+/m1/s1. The number of ether oxygens (including phenoxy) is 3. The van der Waals surface area contributed by atoms with Gasteiger partial charge in [-0.25, -0.2) is 0 Å². The van der Waals surface area contributed by atoms with Gasteiger partial charge in [0.2, 0.25) is 0 Å². The normalized spacial score (nSPS) is 42.9. The summed E-state index contributed by atoms with van der Waals surface area (Å²) in [5.41, 5.74) is -0.322. The largest absolute Gasteiger partial charge is 0.394 e. The lowest BCUT2D eigenvalue weighted by Crippen LogP contribution is -2.61. The monoisotopic (exact) mass is 255 g/mol. The van der Waals surface area contributed by atoms with E-state index < -0.39 is 5.79 Å². The van der Waals surface area contributed by atoms with Crippen LogP contribution in [-0.2, 0) is 14.2 Å². The van der Waals surface area contributed by atoms with E-state index in [1.807, 2.05) is 20.8 Å². The molecule has 2 fully saturated rings. The van der Waals surface area contributed by atoms with Crippen molar-refractivity contribution < 1.29 is 19.3 Å². The Morgan fingerprint density at radius 1 is 1.39 bits per heavy atom. The first-order chi connectivity index (χ1) is 8.41. The van der Waals surface area contributed by atoms with Gasteiger partial charge in [0.1, 0.15) is 0 Å². The third kappa shape index (κ3) is 2.39. The highest BCUT2D eigenvalue weighted by Gasteiger charge is 2.53. The molecule has 5 heteroatoms. The molecule has 0 bridgehead atoms. The second kappa shape index (κ2) is 4.78. The molecule has 2 saturated heterocycles. The molecular formula is C13H21NO4. The van der Waals surface area contributed by atoms with Gasteiger partial charge >= 0.3 is 0 Å². The Morgan fingerprint density at radius 2 is 2.11 bits per heavy atom. The number of hydrogen-bond donors (Lipinski definition) is 1. The van der Waals surface area contributed by atoms with Crippen molar-refractivity contribution in [1.82, 2.24) is 0 Å². The van der Waals surface area contributed by atoms with Crippen molar-refractivity contribution in [1.29, 1.82) is 5.26 Å². The van der Waals surface area contributed by atoms with Gasteiger partial charge in [0, 0.05) is 11.8 Å². The Balaban J connectivity index is 2.21. The molecule has 0 spiro atoms. The van der Waals surface area contributed by atoms with Crippen LogP contribution in [-0.4, -0.2) is 42.4 Å². The molecule has 0 unspecified atom stereocenters. The van der Waals surface area contributed by atoms with E-state index in [4.69, 9.17) is 19.5 Å². The first-order valence-corrected chi connectivity index (χ1v) is 6.36. The van der Waals surface area contributed by atoms with Gasteiger partial charge in [0.25, 0.3) is 0 Å². The summed E-state index contributed by atoms with van der Waals surface area (Å²) in [6.45, 7) is 6.27. The third-order valence-corrected chi connectivity index (χ3v) is 3.94. The van der Waals surface area contributed by atoms with Crippen LogP contribution in [0.3, 0.4) is 0 Å². The smallest absolute Gasteiger partial charge is 0.163 e. The average molecular weight is 255 g/mol. The Hall–Kier alpha value is -0.670. The zero-order valence-electron chi connectivity index (χ0n) is 11.2. The van der Waals surface area contributed by atoms with Crippen LogP contribution in [0.25, 0.3) is 0 Å². The van der Waals surface area contributed by atoms with Crippen LogP contribution < -0.4 is 0 Å². The number of aliphatic hydroxyl groups excluding tert-OH is 1. The van der Waals surface area contributed by atoms with E-state index in [0.29, 0.717) is 13.0 Å². The van der Waals surface area contributed by atoms with E-state index in [1.165, 1.54) is 0 Å². The van der Waals surface area contributed by atoms with Crippen molar-refractivity contribution in [2.75, 3.05) is 13.2 Å². The van der Waals surface area contributed by atoms with Crippen LogP contribution in [0.15, 0.2) is 0 Å². The lowest BCUT2D eigenvalue weighted by molar-refractivity contribution is -0.353. The van der Waals surface area contributed by atoms with Gasteiger partial charge in [-0.15, -0.1) is 0 Å². The summed E-state index contributed by atoms with van der Waals surface area (Å²) in [4.78, 5) is 0. The minimum Gasteiger partial charge on any atom is -0.394 e. The molecule has 102 valence electrons. The summed E-state index contributed by atoms with van der Waals surface area (Å²) < 4.78 is 17.5. The second-order valence-electron chi connectivity index (χ2n) is 5.83. The van der Waals surface area contributed by atoms with Crippen molar-refractivity contribution in [2.45, 2.75) is 57.7 Å². The summed E-state index contributed by atoms with van der Waals surface area (Å²) in [6.07, 6.45) is 0.369. The number of nitriles is 1. The van der Waals surface area contributed by atoms with Crippen LogP contribution in [0.5, 0.6) is 0 Å². The molecule has 0 aliphatic carbocycles. The third-order valence-electron chi connectivity index (χ3n) is 3.94. The average Bonchev–Trinajstić information content (AvgIpc) is 2.31. The molecule has 2 aliphatic rings. The number of aliphatic hydroxyl groups is 1. The van der Waals surface area contributed by atoms with Crippen molar-refractivity contribution in [3.63, 3.8) is 0 Å². The fraction of sp³-hybridized carbons (Fsp3) is 0.923. The summed E-state index contributed by atoms with van der Waals surface area (Å²) in [6, 6.07) is 2.14. The Morgan fingerprint density at radius 3 is 2.72 bits per heavy atom. The fourth-order valence-electron chi connectivity index (χ4n) is 2.71. The van der Waals surface area contributed by atoms with Crippen LogP contribution in [0.1, 0.15) is 33.6 Å². The molecule has 1 N–H and O–H groups in total. The van der Waals surface area contributed by atoms with E-state index in [9.17, 15) is 5.11 Å². The van der Waals surface area contributed by atoms with E-state index in [1.54, 1.807) is 0 Å². The maximum atomic E-state index is 9.29. The molecule has 18 heavy (non-hydrogen) atoms. The number of nitrogens with zero attached hydrogens (tertiary/aromatic N) is 1. The van der Waals surface area contributed by atoms with E-state index in [2.05, 4.69) is 6.07 Å². The predicted molar refractivity (Wildman–Crippen MR) is 63.6 cm³/mol. The van der Waals surface area contributed by atoms with Crippen molar-refractivity contribution in [3.05, 3.63) is 0 Å². The van der Waals surface area contributed by atoms with Crippen molar-refractivity contribution in [2.24, 2.45) is 5.41 Å². The molecule has 2 heterocycles. The quantitative estimate of drug-likeness (QED) is 0.803. The predicted octanol–water partition coefficient (Wildman–Crippen LogP) is 1.21. The van der Waals surface area contributed by atoms with E-state index >= 15 is 0 Å².